The largest absolute Gasteiger partial charge is 0.465 e. The van der Waals surface area contributed by atoms with Crippen molar-refractivity contribution in [2.45, 2.75) is 18.7 Å². The minimum absolute atomic E-state index is 0.117. The van der Waals surface area contributed by atoms with Crippen molar-refractivity contribution in [1.82, 2.24) is 0 Å². The molecule has 16 heavy (non-hydrogen) atoms. The van der Waals surface area contributed by atoms with Gasteiger partial charge >= 0.3 is 5.97 Å². The Kier molecular flexibility index (Phi) is 5.22. The molecule has 1 unspecified atom stereocenters. The summed E-state index contributed by atoms with van der Waals surface area (Å²) in [5.41, 5.74) is 0.391. The highest BCUT2D eigenvalue weighted by Gasteiger charge is 2.18. The predicted octanol–water partition coefficient (Wildman–Crippen LogP) is 3.30. The van der Waals surface area contributed by atoms with Gasteiger partial charge in [-0.1, -0.05) is 15.9 Å². The van der Waals surface area contributed by atoms with Gasteiger partial charge in [-0.25, -0.2) is 4.39 Å². The van der Waals surface area contributed by atoms with E-state index in [1.807, 2.05) is 0 Å². The first-order valence-corrected chi connectivity index (χ1v) is 6.02. The van der Waals surface area contributed by atoms with E-state index in [1.165, 1.54) is 6.07 Å². The highest BCUT2D eigenvalue weighted by Crippen LogP contribution is 2.18. The lowest BCUT2D eigenvalue weighted by molar-refractivity contribution is -0.142. The van der Waals surface area contributed by atoms with E-state index in [1.54, 1.807) is 19.1 Å². The van der Waals surface area contributed by atoms with Gasteiger partial charge in [0.1, 0.15) is 11.2 Å². The maximum Gasteiger partial charge on any atom is 0.324 e. The van der Waals surface area contributed by atoms with Crippen molar-refractivity contribution in [2.75, 3.05) is 6.61 Å². The predicted molar refractivity (Wildman–Crippen MR) is 64.1 cm³/mol. The normalized spacial score (nSPS) is 12.2. The summed E-state index contributed by atoms with van der Waals surface area (Å²) in [5, 5.41) is -0.858. The number of carbonyl (C=O) groups is 1. The van der Waals surface area contributed by atoms with E-state index >= 15 is 0 Å². The fraction of sp³-hybridized carbons (Fsp3) is 0.364. The van der Waals surface area contributed by atoms with Crippen molar-refractivity contribution in [3.05, 3.63) is 34.1 Å². The van der Waals surface area contributed by atoms with Gasteiger partial charge in [0.2, 0.25) is 0 Å². The van der Waals surface area contributed by atoms with Crippen LogP contribution in [0.2, 0.25) is 0 Å². The van der Waals surface area contributed by atoms with Crippen LogP contribution in [0.1, 0.15) is 12.5 Å². The molecule has 1 aromatic carbocycles. The molecule has 0 spiro atoms. The SMILES string of the molecule is CCOC(=O)C(Cl)Cc1cc(Br)ccc1F. The fourth-order valence-electron chi connectivity index (χ4n) is 1.21. The molecule has 0 fully saturated rings. The van der Waals surface area contributed by atoms with Crippen molar-refractivity contribution in [1.29, 1.82) is 0 Å². The topological polar surface area (TPSA) is 26.3 Å². The minimum Gasteiger partial charge on any atom is -0.465 e. The Morgan fingerprint density at radius 3 is 2.94 bits per heavy atom. The lowest BCUT2D eigenvalue weighted by Gasteiger charge is -2.09. The van der Waals surface area contributed by atoms with Crippen LogP contribution < -0.4 is 0 Å². The highest BCUT2D eigenvalue weighted by atomic mass is 79.9. The molecule has 0 aliphatic heterocycles. The van der Waals surface area contributed by atoms with Gasteiger partial charge in [-0.05, 0) is 30.7 Å². The van der Waals surface area contributed by atoms with Crippen LogP contribution in [0.4, 0.5) is 4.39 Å². The molecule has 0 saturated heterocycles. The quantitative estimate of drug-likeness (QED) is 0.630. The van der Waals surface area contributed by atoms with E-state index in [9.17, 15) is 9.18 Å². The zero-order valence-corrected chi connectivity index (χ0v) is 11.0. The molecule has 0 radical (unpaired) electrons. The molecule has 0 aromatic heterocycles. The maximum atomic E-state index is 13.3. The Hall–Kier alpha value is -0.610. The number of rotatable bonds is 4. The number of carbonyl (C=O) groups excluding carboxylic acids is 1. The third-order valence-corrected chi connectivity index (χ3v) is 2.77. The van der Waals surface area contributed by atoms with Gasteiger partial charge in [0, 0.05) is 10.9 Å². The Morgan fingerprint density at radius 1 is 1.62 bits per heavy atom. The van der Waals surface area contributed by atoms with E-state index in [-0.39, 0.29) is 18.8 Å². The zero-order chi connectivity index (χ0) is 12.1. The number of hydrogen-bond acceptors (Lipinski definition) is 2. The molecule has 0 aliphatic rings. The van der Waals surface area contributed by atoms with Crippen LogP contribution in [0, 0.1) is 5.82 Å². The maximum absolute atomic E-state index is 13.3. The molecule has 5 heteroatoms. The fourth-order valence-corrected chi connectivity index (χ4v) is 1.85. The Balaban J connectivity index is 2.72. The number of alkyl halides is 1. The van der Waals surface area contributed by atoms with Gasteiger partial charge in [0.15, 0.2) is 0 Å². The molecule has 88 valence electrons. The van der Waals surface area contributed by atoms with Crippen LogP contribution in [0.15, 0.2) is 22.7 Å². The molecule has 1 aromatic rings. The van der Waals surface area contributed by atoms with Crippen molar-refractivity contribution in [3.8, 4) is 0 Å². The van der Waals surface area contributed by atoms with Gasteiger partial charge < -0.3 is 4.74 Å². The summed E-state index contributed by atoms with van der Waals surface area (Å²) in [6, 6.07) is 4.52. The van der Waals surface area contributed by atoms with E-state index < -0.39 is 11.3 Å². The van der Waals surface area contributed by atoms with Crippen LogP contribution in [0.5, 0.6) is 0 Å². The Morgan fingerprint density at radius 2 is 2.31 bits per heavy atom. The second-order valence-corrected chi connectivity index (χ2v) is 4.60. The standard InChI is InChI=1S/C11H11BrClFO2/c1-2-16-11(15)9(13)6-7-5-8(12)3-4-10(7)14/h3-5,9H,2,6H2,1H3. The van der Waals surface area contributed by atoms with E-state index in [2.05, 4.69) is 15.9 Å². The van der Waals surface area contributed by atoms with Gasteiger partial charge in [0.05, 0.1) is 6.61 Å². The number of hydrogen-bond donors (Lipinski definition) is 0. The lowest BCUT2D eigenvalue weighted by atomic mass is 10.1. The van der Waals surface area contributed by atoms with E-state index in [0.29, 0.717) is 5.56 Å². The first-order valence-electron chi connectivity index (χ1n) is 4.79. The lowest BCUT2D eigenvalue weighted by Crippen LogP contribution is -2.20. The first-order chi connectivity index (χ1) is 7.54. The molecule has 0 saturated carbocycles. The molecular formula is C11H11BrClFO2. The van der Waals surface area contributed by atoms with Crippen LogP contribution in [0.3, 0.4) is 0 Å². The van der Waals surface area contributed by atoms with Gasteiger partial charge in [0.25, 0.3) is 0 Å². The first kappa shape index (κ1) is 13.5. The molecule has 0 aliphatic carbocycles. The summed E-state index contributed by atoms with van der Waals surface area (Å²) >= 11 is 9.04. The molecule has 1 atom stereocenters. The molecule has 0 N–H and O–H groups in total. The van der Waals surface area contributed by atoms with Crippen LogP contribution >= 0.6 is 27.5 Å². The second kappa shape index (κ2) is 6.21. The Bertz CT molecular complexity index is 384. The molecule has 0 amide bonds. The van der Waals surface area contributed by atoms with Gasteiger partial charge in [-0.3, -0.25) is 4.79 Å². The number of benzene rings is 1. The number of esters is 1. The molecule has 2 nitrogen and oxygen atoms in total. The average Bonchev–Trinajstić information content (AvgIpc) is 2.23. The van der Waals surface area contributed by atoms with E-state index in [0.717, 1.165) is 4.47 Å². The summed E-state index contributed by atoms with van der Waals surface area (Å²) in [4.78, 5) is 11.3. The monoisotopic (exact) mass is 308 g/mol. The summed E-state index contributed by atoms with van der Waals surface area (Å²) in [5.74, 6) is -0.901. The van der Waals surface area contributed by atoms with Crippen LogP contribution in [-0.4, -0.2) is 18.0 Å². The van der Waals surface area contributed by atoms with Gasteiger partial charge in [-0.2, -0.15) is 0 Å². The molecule has 0 heterocycles. The van der Waals surface area contributed by atoms with Gasteiger partial charge in [-0.15, -0.1) is 11.6 Å². The highest BCUT2D eigenvalue weighted by molar-refractivity contribution is 9.10. The smallest absolute Gasteiger partial charge is 0.324 e. The van der Waals surface area contributed by atoms with Crippen molar-refractivity contribution in [3.63, 3.8) is 0 Å². The third kappa shape index (κ3) is 3.76. The Labute approximate surface area is 107 Å². The van der Waals surface area contributed by atoms with Crippen molar-refractivity contribution in [2.24, 2.45) is 0 Å². The number of ether oxygens (including phenoxy) is 1. The van der Waals surface area contributed by atoms with Crippen molar-refractivity contribution < 1.29 is 13.9 Å². The molecular weight excluding hydrogens is 298 g/mol. The minimum atomic E-state index is -0.858. The summed E-state index contributed by atoms with van der Waals surface area (Å²) in [7, 11) is 0. The summed E-state index contributed by atoms with van der Waals surface area (Å²) < 4.78 is 18.8. The summed E-state index contributed by atoms with van der Waals surface area (Å²) in [6.45, 7) is 1.96. The summed E-state index contributed by atoms with van der Waals surface area (Å²) in [6.07, 6.45) is 0.117. The zero-order valence-electron chi connectivity index (χ0n) is 8.67. The third-order valence-electron chi connectivity index (χ3n) is 1.95. The van der Waals surface area contributed by atoms with Crippen LogP contribution in [0.25, 0.3) is 0 Å². The molecule has 0 bridgehead atoms. The van der Waals surface area contributed by atoms with E-state index in [4.69, 9.17) is 16.3 Å². The molecule has 1 rings (SSSR count). The average molecular weight is 310 g/mol. The van der Waals surface area contributed by atoms with Crippen molar-refractivity contribution >= 4 is 33.5 Å². The second-order valence-electron chi connectivity index (χ2n) is 3.16. The van der Waals surface area contributed by atoms with Crippen LogP contribution in [-0.2, 0) is 16.0 Å². The number of halogens is 3.